The third kappa shape index (κ3) is 5.51. The molecule has 0 aliphatic carbocycles. The van der Waals surface area contributed by atoms with Gasteiger partial charge in [-0.25, -0.2) is 4.99 Å². The first-order valence-electron chi connectivity index (χ1n) is 11.3. The molecule has 0 radical (unpaired) electrons. The molecule has 7 nitrogen and oxygen atoms in total. The number of carbonyl (C=O) groups excluding carboxylic acids is 1. The van der Waals surface area contributed by atoms with Crippen molar-refractivity contribution in [2.24, 2.45) is 4.99 Å². The summed E-state index contributed by atoms with van der Waals surface area (Å²) in [6.07, 6.45) is 1.80. The summed E-state index contributed by atoms with van der Waals surface area (Å²) in [6, 6.07) is 11.7. The second kappa shape index (κ2) is 11.2. The number of amides is 1. The highest BCUT2D eigenvalue weighted by Gasteiger charge is 2.30. The first-order valence-corrected chi connectivity index (χ1v) is 12.5. The van der Waals surface area contributed by atoms with E-state index < -0.39 is 0 Å². The highest BCUT2D eigenvalue weighted by atomic mass is 35.5. The van der Waals surface area contributed by atoms with E-state index in [1.807, 2.05) is 32.0 Å². The molecule has 2 aromatic carbocycles. The van der Waals surface area contributed by atoms with E-state index in [1.54, 1.807) is 24.1 Å². The molecule has 4 rings (SSSR count). The fraction of sp³-hybridized carbons (Fsp3) is 0.360. The molecule has 180 valence electrons. The second-order valence-corrected chi connectivity index (χ2v) is 9.10. The van der Waals surface area contributed by atoms with Crippen molar-refractivity contribution < 1.29 is 19.0 Å². The number of hydrogen-bond donors (Lipinski definition) is 0. The minimum atomic E-state index is -0.114. The molecular weight excluding hydrogens is 474 g/mol. The van der Waals surface area contributed by atoms with Crippen molar-refractivity contribution in [1.82, 2.24) is 4.90 Å². The van der Waals surface area contributed by atoms with E-state index in [0.717, 1.165) is 43.2 Å². The Kier molecular flexibility index (Phi) is 8.03. The normalized spacial score (nSPS) is 18.8. The smallest absolute Gasteiger partial charge is 0.266 e. The van der Waals surface area contributed by atoms with Gasteiger partial charge in [-0.15, -0.1) is 0 Å². The van der Waals surface area contributed by atoms with Gasteiger partial charge in [-0.2, -0.15) is 0 Å². The van der Waals surface area contributed by atoms with Gasteiger partial charge in [0.25, 0.3) is 5.91 Å². The zero-order valence-electron chi connectivity index (χ0n) is 19.5. The number of hydrogen-bond acceptors (Lipinski definition) is 7. The van der Waals surface area contributed by atoms with E-state index in [0.29, 0.717) is 39.8 Å². The van der Waals surface area contributed by atoms with E-state index in [-0.39, 0.29) is 5.91 Å². The molecule has 0 atom stereocenters. The Hall–Kier alpha value is -2.68. The van der Waals surface area contributed by atoms with Gasteiger partial charge in [0.1, 0.15) is 0 Å². The molecule has 0 bridgehead atoms. The van der Waals surface area contributed by atoms with Crippen LogP contribution in [0, 0.1) is 0 Å². The first-order chi connectivity index (χ1) is 16.5. The lowest BCUT2D eigenvalue weighted by Gasteiger charge is -2.28. The van der Waals surface area contributed by atoms with Crippen LogP contribution in [0.25, 0.3) is 6.08 Å². The summed E-state index contributed by atoms with van der Waals surface area (Å²) < 4.78 is 16.8. The van der Waals surface area contributed by atoms with Crippen LogP contribution in [0.5, 0.6) is 11.5 Å². The lowest BCUT2D eigenvalue weighted by atomic mass is 10.1. The van der Waals surface area contributed by atoms with Crippen LogP contribution in [0.1, 0.15) is 19.4 Å². The molecule has 9 heteroatoms. The van der Waals surface area contributed by atoms with Crippen LogP contribution in [-0.4, -0.2) is 62.5 Å². The summed E-state index contributed by atoms with van der Waals surface area (Å²) >= 11 is 7.77. The fourth-order valence-corrected chi connectivity index (χ4v) is 4.95. The molecule has 0 unspecified atom stereocenters. The number of likely N-dealkylation sites (N-methyl/N-ethyl adjacent to an activating group) is 1. The Bertz CT molecular complexity index is 1100. The van der Waals surface area contributed by atoms with Crippen molar-refractivity contribution in [3.8, 4) is 11.5 Å². The van der Waals surface area contributed by atoms with Crippen LogP contribution in [0.2, 0.25) is 5.02 Å². The quantitative estimate of drug-likeness (QED) is 0.485. The maximum Gasteiger partial charge on any atom is 0.266 e. The third-order valence-electron chi connectivity index (χ3n) is 5.37. The summed E-state index contributed by atoms with van der Waals surface area (Å²) in [5.74, 6) is 0.955. The van der Waals surface area contributed by atoms with Crippen LogP contribution in [0.3, 0.4) is 0 Å². The van der Waals surface area contributed by atoms with Gasteiger partial charge in [-0.3, -0.25) is 9.69 Å². The van der Waals surface area contributed by atoms with Crippen molar-refractivity contribution >= 4 is 51.9 Å². The summed E-state index contributed by atoms with van der Waals surface area (Å²) in [4.78, 5) is 22.0. The standard InChI is InChI=1S/C25H28ClN3O4S/c1-4-32-21-15-17(14-20(26)23(21)33-5-2)16-22-24(30)28(3)25(34-22)27-18-6-8-19(9-7-18)29-10-12-31-13-11-29/h6-9,14-16H,4-5,10-13H2,1-3H3/b22-16-,27-25?. The average molecular weight is 502 g/mol. The van der Waals surface area contributed by atoms with E-state index in [9.17, 15) is 4.79 Å². The minimum Gasteiger partial charge on any atom is -0.490 e. The van der Waals surface area contributed by atoms with Crippen LogP contribution >= 0.6 is 23.4 Å². The number of nitrogens with zero attached hydrogens (tertiary/aromatic N) is 3. The van der Waals surface area contributed by atoms with Gasteiger partial charge in [-0.1, -0.05) is 11.6 Å². The maximum absolute atomic E-state index is 12.9. The third-order valence-corrected chi connectivity index (χ3v) is 6.71. The zero-order valence-corrected chi connectivity index (χ0v) is 21.1. The molecule has 1 amide bonds. The monoisotopic (exact) mass is 501 g/mol. The number of anilines is 1. The van der Waals surface area contributed by atoms with E-state index in [4.69, 9.17) is 30.8 Å². The number of ether oxygens (including phenoxy) is 3. The van der Waals surface area contributed by atoms with Gasteiger partial charge in [0.15, 0.2) is 16.7 Å². The van der Waals surface area contributed by atoms with Gasteiger partial charge in [0.05, 0.1) is 42.0 Å². The van der Waals surface area contributed by atoms with Crippen LogP contribution in [0.15, 0.2) is 46.3 Å². The summed E-state index contributed by atoms with van der Waals surface area (Å²) in [7, 11) is 1.73. The van der Waals surface area contributed by atoms with Crippen LogP contribution in [0.4, 0.5) is 11.4 Å². The van der Waals surface area contributed by atoms with E-state index in [2.05, 4.69) is 17.0 Å². The van der Waals surface area contributed by atoms with Gasteiger partial charge >= 0.3 is 0 Å². The van der Waals surface area contributed by atoms with Crippen molar-refractivity contribution in [3.63, 3.8) is 0 Å². The van der Waals surface area contributed by atoms with Crippen molar-refractivity contribution in [3.05, 3.63) is 51.9 Å². The SMILES string of the molecule is CCOc1cc(/C=C2\SC(=Nc3ccc(N4CCOCC4)cc3)N(C)C2=O)cc(Cl)c1OCC. The minimum absolute atomic E-state index is 0.114. The Morgan fingerprint density at radius 2 is 1.82 bits per heavy atom. The molecule has 2 heterocycles. The molecule has 2 saturated heterocycles. The van der Waals surface area contributed by atoms with Crippen LogP contribution < -0.4 is 14.4 Å². The lowest BCUT2D eigenvalue weighted by Crippen LogP contribution is -2.36. The molecule has 0 saturated carbocycles. The first kappa shape index (κ1) is 24.4. The molecule has 2 aliphatic heterocycles. The Balaban J connectivity index is 1.55. The number of rotatable bonds is 7. The molecular formula is C25H28ClN3O4S. The molecule has 0 aromatic heterocycles. The number of carbonyl (C=O) groups is 1. The van der Waals surface area contributed by atoms with Crippen molar-refractivity contribution in [2.75, 3.05) is 51.5 Å². The lowest BCUT2D eigenvalue weighted by molar-refractivity contribution is -0.121. The van der Waals surface area contributed by atoms with E-state index in [1.165, 1.54) is 11.8 Å². The van der Waals surface area contributed by atoms with Gasteiger partial charge in [0, 0.05) is 25.8 Å². The maximum atomic E-state index is 12.9. The average Bonchev–Trinajstić information content (AvgIpc) is 3.10. The highest BCUT2D eigenvalue weighted by molar-refractivity contribution is 8.18. The number of benzene rings is 2. The molecule has 2 aromatic rings. The predicted molar refractivity (Wildman–Crippen MR) is 139 cm³/mol. The molecule has 2 aliphatic rings. The number of morpholine rings is 1. The Morgan fingerprint density at radius 1 is 1.12 bits per heavy atom. The topological polar surface area (TPSA) is 63.6 Å². The second-order valence-electron chi connectivity index (χ2n) is 7.68. The highest BCUT2D eigenvalue weighted by Crippen LogP contribution is 2.39. The van der Waals surface area contributed by atoms with Crippen molar-refractivity contribution in [1.29, 1.82) is 0 Å². The summed E-state index contributed by atoms with van der Waals surface area (Å²) in [5.41, 5.74) is 2.70. The molecule has 0 spiro atoms. The van der Waals surface area contributed by atoms with Crippen molar-refractivity contribution in [2.45, 2.75) is 13.8 Å². The van der Waals surface area contributed by atoms with Gasteiger partial charge < -0.3 is 19.1 Å². The number of thioether (sulfide) groups is 1. The van der Waals surface area contributed by atoms with Gasteiger partial charge in [0.2, 0.25) is 0 Å². The molecule has 2 fully saturated rings. The zero-order chi connectivity index (χ0) is 24.1. The summed E-state index contributed by atoms with van der Waals surface area (Å²) in [6.45, 7) is 8.01. The summed E-state index contributed by atoms with van der Waals surface area (Å²) in [5, 5.41) is 1.06. The van der Waals surface area contributed by atoms with Gasteiger partial charge in [-0.05, 0) is 73.6 Å². The number of halogens is 1. The largest absolute Gasteiger partial charge is 0.490 e. The predicted octanol–water partition coefficient (Wildman–Crippen LogP) is 5.21. The molecule has 0 N–H and O–H groups in total. The Labute approximate surface area is 209 Å². The van der Waals surface area contributed by atoms with E-state index >= 15 is 0 Å². The number of amidine groups is 1. The fourth-order valence-electron chi connectivity index (χ4n) is 3.69. The number of aliphatic imine (C=N–C) groups is 1. The molecule has 34 heavy (non-hydrogen) atoms. The van der Waals surface area contributed by atoms with Crippen LogP contribution in [-0.2, 0) is 9.53 Å². The Morgan fingerprint density at radius 3 is 2.50 bits per heavy atom.